The third kappa shape index (κ3) is 2.51. The Hall–Kier alpha value is -1.89. The van der Waals surface area contributed by atoms with Crippen LogP contribution in [0.15, 0.2) is 6.20 Å². The molecule has 0 spiro atoms. The Kier molecular flexibility index (Phi) is 3.33. The molecule has 2 heterocycles. The van der Waals surface area contributed by atoms with Gasteiger partial charge in [0.15, 0.2) is 0 Å². The van der Waals surface area contributed by atoms with Gasteiger partial charge in [0.1, 0.15) is 5.15 Å². The molecule has 2 aromatic rings. The van der Waals surface area contributed by atoms with E-state index in [-0.39, 0.29) is 6.42 Å². The van der Waals surface area contributed by atoms with Crippen molar-refractivity contribution >= 4 is 17.6 Å². The molecule has 0 unspecified atom stereocenters. The topological polar surface area (TPSA) is 85.8 Å². The second-order valence-corrected chi connectivity index (χ2v) is 4.31. The fourth-order valence-electron chi connectivity index (χ4n) is 1.67. The van der Waals surface area contributed by atoms with Gasteiger partial charge in [-0.2, -0.15) is 5.10 Å². The number of nitrogens with zero attached hydrogens (tertiary/aromatic N) is 5. The van der Waals surface area contributed by atoms with E-state index in [0.717, 1.165) is 11.3 Å². The molecule has 0 aliphatic rings. The summed E-state index contributed by atoms with van der Waals surface area (Å²) >= 11 is 6.10. The second-order valence-electron chi connectivity index (χ2n) is 3.96. The maximum absolute atomic E-state index is 10.5. The number of halogens is 1. The van der Waals surface area contributed by atoms with Gasteiger partial charge >= 0.3 is 5.97 Å². The number of rotatable bonds is 4. The summed E-state index contributed by atoms with van der Waals surface area (Å²) in [7, 11) is 1.76. The van der Waals surface area contributed by atoms with Crippen molar-refractivity contribution in [3.63, 3.8) is 0 Å². The fourth-order valence-corrected chi connectivity index (χ4v) is 1.90. The van der Waals surface area contributed by atoms with Gasteiger partial charge in [-0.15, -0.1) is 5.10 Å². The molecule has 0 radical (unpaired) electrons. The van der Waals surface area contributed by atoms with Crippen molar-refractivity contribution in [3.8, 4) is 0 Å². The summed E-state index contributed by atoms with van der Waals surface area (Å²) in [6.45, 7) is 2.28. The Labute approximate surface area is 108 Å². The maximum Gasteiger partial charge on any atom is 0.309 e. The zero-order valence-corrected chi connectivity index (χ0v) is 10.7. The van der Waals surface area contributed by atoms with E-state index in [1.165, 1.54) is 0 Å². The summed E-state index contributed by atoms with van der Waals surface area (Å²) in [4.78, 5) is 10.5. The maximum atomic E-state index is 10.5. The molecule has 0 aliphatic heterocycles. The molecule has 0 fully saturated rings. The lowest BCUT2D eigenvalue weighted by Crippen LogP contribution is -2.02. The molecule has 0 atom stereocenters. The van der Waals surface area contributed by atoms with E-state index in [1.54, 1.807) is 22.6 Å². The molecule has 8 heteroatoms. The van der Waals surface area contributed by atoms with Gasteiger partial charge in [0, 0.05) is 18.8 Å². The Bertz CT molecular complexity index is 589. The van der Waals surface area contributed by atoms with E-state index in [2.05, 4.69) is 15.4 Å². The number of carboxylic acid groups (broad SMARTS) is 1. The number of hydrogen-bond acceptors (Lipinski definition) is 4. The van der Waals surface area contributed by atoms with E-state index in [1.807, 2.05) is 6.92 Å². The highest BCUT2D eigenvalue weighted by molar-refractivity contribution is 6.30. The van der Waals surface area contributed by atoms with Crippen molar-refractivity contribution in [2.24, 2.45) is 7.05 Å². The van der Waals surface area contributed by atoms with Crippen LogP contribution in [0.2, 0.25) is 5.15 Å². The van der Waals surface area contributed by atoms with Gasteiger partial charge in [0.25, 0.3) is 0 Å². The summed E-state index contributed by atoms with van der Waals surface area (Å²) < 4.78 is 3.13. The normalized spacial score (nSPS) is 10.8. The Balaban J connectivity index is 2.18. The lowest BCUT2D eigenvalue weighted by Gasteiger charge is -1.99. The summed E-state index contributed by atoms with van der Waals surface area (Å²) in [6.07, 6.45) is 1.46. The van der Waals surface area contributed by atoms with Gasteiger partial charge in [-0.05, 0) is 6.92 Å². The van der Waals surface area contributed by atoms with Crippen LogP contribution in [0, 0.1) is 6.92 Å². The first-order chi connectivity index (χ1) is 8.47. The second kappa shape index (κ2) is 4.77. The molecule has 18 heavy (non-hydrogen) atoms. The molecular weight excluding hydrogens is 258 g/mol. The van der Waals surface area contributed by atoms with Gasteiger partial charge in [-0.25, -0.2) is 4.68 Å². The molecule has 7 nitrogen and oxygen atoms in total. The Morgan fingerprint density at radius 1 is 1.56 bits per heavy atom. The highest BCUT2D eigenvalue weighted by Crippen LogP contribution is 2.19. The van der Waals surface area contributed by atoms with Gasteiger partial charge in [0.05, 0.1) is 24.4 Å². The molecule has 1 N–H and O–H groups in total. The van der Waals surface area contributed by atoms with Crippen molar-refractivity contribution < 1.29 is 9.90 Å². The number of carboxylic acids is 1. The minimum Gasteiger partial charge on any atom is -0.481 e. The van der Waals surface area contributed by atoms with Crippen LogP contribution in [-0.2, 0) is 24.8 Å². The zero-order chi connectivity index (χ0) is 13.3. The standard InChI is InChI=1S/C10H12ClN5O2/c1-6-8(10(11)15(2)13-6)5-16-4-7(12-14-16)3-9(17)18/h4H,3,5H2,1-2H3,(H,17,18). The van der Waals surface area contributed by atoms with E-state index in [4.69, 9.17) is 16.7 Å². The highest BCUT2D eigenvalue weighted by Gasteiger charge is 2.13. The molecule has 0 amide bonds. The van der Waals surface area contributed by atoms with Crippen LogP contribution in [0.4, 0.5) is 0 Å². The number of hydrogen-bond donors (Lipinski definition) is 1. The van der Waals surface area contributed by atoms with Crippen molar-refractivity contribution in [2.45, 2.75) is 19.9 Å². The third-order valence-corrected chi connectivity index (χ3v) is 2.98. The highest BCUT2D eigenvalue weighted by atomic mass is 35.5. The van der Waals surface area contributed by atoms with E-state index in [0.29, 0.717) is 17.4 Å². The number of aromatic nitrogens is 5. The lowest BCUT2D eigenvalue weighted by atomic mass is 10.2. The molecular formula is C10H12ClN5O2. The first kappa shape index (κ1) is 12.6. The average Bonchev–Trinajstić information content (AvgIpc) is 2.79. The van der Waals surface area contributed by atoms with Gasteiger partial charge in [-0.1, -0.05) is 16.8 Å². The SMILES string of the molecule is Cc1nn(C)c(Cl)c1Cn1cc(CC(=O)O)nn1. The van der Waals surface area contributed by atoms with Crippen LogP contribution < -0.4 is 0 Å². The lowest BCUT2D eigenvalue weighted by molar-refractivity contribution is -0.136. The van der Waals surface area contributed by atoms with E-state index >= 15 is 0 Å². The van der Waals surface area contributed by atoms with Gasteiger partial charge < -0.3 is 5.11 Å². The quantitative estimate of drug-likeness (QED) is 0.881. The van der Waals surface area contributed by atoms with Crippen molar-refractivity contribution in [1.82, 2.24) is 24.8 Å². The number of carbonyl (C=O) groups is 1. The minimum atomic E-state index is -0.933. The van der Waals surface area contributed by atoms with Crippen molar-refractivity contribution in [1.29, 1.82) is 0 Å². The molecule has 0 aliphatic carbocycles. The van der Waals surface area contributed by atoms with Crippen LogP contribution in [-0.4, -0.2) is 35.9 Å². The van der Waals surface area contributed by atoms with Crippen LogP contribution in [0.5, 0.6) is 0 Å². The predicted molar refractivity (Wildman–Crippen MR) is 63.4 cm³/mol. The molecule has 0 bridgehead atoms. The number of aryl methyl sites for hydroxylation is 2. The summed E-state index contributed by atoms with van der Waals surface area (Å²) in [5.74, 6) is -0.933. The predicted octanol–water partition coefficient (Wildman–Crippen LogP) is 0.649. The van der Waals surface area contributed by atoms with Gasteiger partial charge in [0.2, 0.25) is 0 Å². The van der Waals surface area contributed by atoms with Crippen LogP contribution in [0.25, 0.3) is 0 Å². The van der Waals surface area contributed by atoms with Crippen molar-refractivity contribution in [2.75, 3.05) is 0 Å². The molecule has 0 saturated heterocycles. The molecule has 0 aromatic carbocycles. The molecule has 0 saturated carbocycles. The Morgan fingerprint density at radius 3 is 2.83 bits per heavy atom. The van der Waals surface area contributed by atoms with Crippen LogP contribution >= 0.6 is 11.6 Å². The number of aliphatic carboxylic acids is 1. The van der Waals surface area contributed by atoms with Crippen molar-refractivity contribution in [3.05, 3.63) is 28.3 Å². The van der Waals surface area contributed by atoms with E-state index in [9.17, 15) is 4.79 Å². The van der Waals surface area contributed by atoms with Gasteiger partial charge in [-0.3, -0.25) is 9.48 Å². The minimum absolute atomic E-state index is 0.139. The Morgan fingerprint density at radius 2 is 2.28 bits per heavy atom. The molecule has 2 rings (SSSR count). The monoisotopic (exact) mass is 269 g/mol. The first-order valence-electron chi connectivity index (χ1n) is 5.26. The summed E-state index contributed by atoms with van der Waals surface area (Å²) in [6, 6.07) is 0. The third-order valence-electron chi connectivity index (χ3n) is 2.51. The fraction of sp³-hybridized carbons (Fsp3) is 0.400. The largest absolute Gasteiger partial charge is 0.481 e. The molecule has 96 valence electrons. The summed E-state index contributed by atoms with van der Waals surface area (Å²) in [5.41, 5.74) is 2.09. The summed E-state index contributed by atoms with van der Waals surface area (Å²) in [5, 5.41) is 21.0. The van der Waals surface area contributed by atoms with Crippen LogP contribution in [0.1, 0.15) is 17.0 Å². The first-order valence-corrected chi connectivity index (χ1v) is 5.64. The molecule has 2 aromatic heterocycles. The van der Waals surface area contributed by atoms with Crippen LogP contribution in [0.3, 0.4) is 0 Å². The smallest absolute Gasteiger partial charge is 0.309 e. The average molecular weight is 270 g/mol. The van der Waals surface area contributed by atoms with E-state index < -0.39 is 5.97 Å². The zero-order valence-electron chi connectivity index (χ0n) is 9.96.